The predicted molar refractivity (Wildman–Crippen MR) is 122 cm³/mol. The van der Waals surface area contributed by atoms with Crippen LogP contribution in [0, 0.1) is 46.5 Å². The second-order valence-electron chi connectivity index (χ2n) is 8.51. The summed E-state index contributed by atoms with van der Waals surface area (Å²) in [6.07, 6.45) is -3.56. The molecular weight excluding hydrogens is 542 g/mol. The lowest BCUT2D eigenvalue weighted by Crippen LogP contribution is -2.25. The summed E-state index contributed by atoms with van der Waals surface area (Å²) >= 11 is 0. The molecule has 0 N–H and O–H groups in total. The number of ether oxygens (including phenoxy) is 1. The van der Waals surface area contributed by atoms with E-state index in [-0.39, 0.29) is 35.4 Å². The molecule has 0 spiro atoms. The van der Waals surface area contributed by atoms with Crippen LogP contribution in [0.3, 0.4) is 0 Å². The Morgan fingerprint density at radius 3 is 1.67 bits per heavy atom. The number of alkyl halides is 2. The first-order valence-corrected chi connectivity index (χ1v) is 11.3. The molecule has 4 rings (SSSR count). The summed E-state index contributed by atoms with van der Waals surface area (Å²) in [5.74, 6) is -14.4. The van der Waals surface area contributed by atoms with Gasteiger partial charge in [0, 0.05) is 17.7 Å². The van der Waals surface area contributed by atoms with Crippen LogP contribution in [0.15, 0.2) is 54.6 Å². The molecule has 0 heterocycles. The maximum absolute atomic E-state index is 14.8. The Bertz CT molecular complexity index is 1500. The molecule has 0 radical (unpaired) electrons. The highest BCUT2D eigenvalue weighted by Gasteiger charge is 2.41. The van der Waals surface area contributed by atoms with Crippen molar-refractivity contribution in [3.8, 4) is 28.0 Å². The van der Waals surface area contributed by atoms with E-state index >= 15 is 0 Å². The van der Waals surface area contributed by atoms with Crippen molar-refractivity contribution in [2.24, 2.45) is 0 Å². The Morgan fingerprint density at radius 2 is 1.15 bits per heavy atom. The molecule has 4 aromatic rings. The number of halogens is 10. The zero-order valence-electron chi connectivity index (χ0n) is 19.8. The fourth-order valence-electron chi connectivity index (χ4n) is 4.03. The summed E-state index contributed by atoms with van der Waals surface area (Å²) in [6.45, 7) is 1.86. The van der Waals surface area contributed by atoms with Crippen LogP contribution in [0.5, 0.6) is 5.75 Å². The Hall–Kier alpha value is -4.02. The Kier molecular flexibility index (Phi) is 7.63. The monoisotopic (exact) mass is 558 g/mol. The molecule has 11 heteroatoms. The van der Waals surface area contributed by atoms with E-state index in [0.29, 0.717) is 30.5 Å². The van der Waals surface area contributed by atoms with E-state index in [0.717, 1.165) is 6.07 Å². The first kappa shape index (κ1) is 28.0. The second-order valence-corrected chi connectivity index (χ2v) is 8.51. The van der Waals surface area contributed by atoms with Crippen molar-refractivity contribution in [2.75, 3.05) is 0 Å². The summed E-state index contributed by atoms with van der Waals surface area (Å²) in [4.78, 5) is 0. The Morgan fingerprint density at radius 1 is 0.615 bits per heavy atom. The predicted octanol–water partition coefficient (Wildman–Crippen LogP) is 9.21. The van der Waals surface area contributed by atoms with Gasteiger partial charge in [-0.15, -0.1) is 0 Å². The average Bonchev–Trinajstić information content (AvgIpc) is 2.81. The van der Waals surface area contributed by atoms with Crippen LogP contribution < -0.4 is 4.74 Å². The summed E-state index contributed by atoms with van der Waals surface area (Å²) in [5.41, 5.74) is -3.82. The van der Waals surface area contributed by atoms with Gasteiger partial charge in [0.25, 0.3) is 0 Å². The van der Waals surface area contributed by atoms with Gasteiger partial charge in [0.15, 0.2) is 17.5 Å². The molecule has 0 aromatic heterocycles. The second kappa shape index (κ2) is 10.6. The number of hydrogen-bond donors (Lipinski definition) is 0. The third-order valence-electron chi connectivity index (χ3n) is 5.75. The average molecular weight is 558 g/mol. The van der Waals surface area contributed by atoms with Crippen LogP contribution >= 0.6 is 0 Å². The molecule has 0 fully saturated rings. The van der Waals surface area contributed by atoms with E-state index in [1.807, 2.05) is 6.92 Å². The molecule has 0 aliphatic carbocycles. The molecule has 0 amide bonds. The molecule has 4 aromatic carbocycles. The van der Waals surface area contributed by atoms with Crippen molar-refractivity contribution in [1.82, 2.24) is 0 Å². The minimum absolute atomic E-state index is 0.183. The fourth-order valence-corrected chi connectivity index (χ4v) is 4.03. The standard InChI is InChI=1S/C28H16F10O/c1-2-3-13-4-5-17(18(29)6-13)14-7-21(32)26(22(33)8-14)28(37,38)39-16-11-19(30)25(20(31)12-16)15-9-23(34)27(36)24(35)10-15/h4-12H,2-3H2,1H3. The van der Waals surface area contributed by atoms with Gasteiger partial charge in [0.2, 0.25) is 0 Å². The lowest BCUT2D eigenvalue weighted by atomic mass is 9.99. The quantitative estimate of drug-likeness (QED) is 0.162. The van der Waals surface area contributed by atoms with Crippen LogP contribution in [0.25, 0.3) is 22.3 Å². The molecule has 0 aliphatic heterocycles. The minimum Gasteiger partial charge on any atom is -0.429 e. The number of aryl methyl sites for hydroxylation is 1. The fraction of sp³-hybridized carbons (Fsp3) is 0.143. The Labute approximate surface area is 215 Å². The summed E-state index contributed by atoms with van der Waals surface area (Å²) in [5, 5.41) is 0. The van der Waals surface area contributed by atoms with Gasteiger partial charge >= 0.3 is 6.11 Å². The molecule has 0 saturated heterocycles. The maximum atomic E-state index is 14.8. The molecule has 39 heavy (non-hydrogen) atoms. The van der Waals surface area contributed by atoms with E-state index in [1.54, 1.807) is 0 Å². The van der Waals surface area contributed by atoms with E-state index in [1.165, 1.54) is 12.1 Å². The van der Waals surface area contributed by atoms with E-state index < -0.39 is 75.1 Å². The lowest BCUT2D eigenvalue weighted by molar-refractivity contribution is -0.189. The zero-order chi connectivity index (χ0) is 28.6. The molecule has 204 valence electrons. The van der Waals surface area contributed by atoms with Crippen molar-refractivity contribution >= 4 is 0 Å². The molecule has 0 aliphatic rings. The van der Waals surface area contributed by atoms with Crippen LogP contribution in [0.1, 0.15) is 24.5 Å². The van der Waals surface area contributed by atoms with Crippen molar-refractivity contribution in [3.05, 3.63) is 112 Å². The van der Waals surface area contributed by atoms with Gasteiger partial charge in [-0.25, -0.2) is 35.1 Å². The normalized spacial score (nSPS) is 11.7. The Balaban J connectivity index is 1.67. The largest absolute Gasteiger partial charge is 0.432 e. The number of benzene rings is 4. The van der Waals surface area contributed by atoms with Crippen molar-refractivity contribution in [3.63, 3.8) is 0 Å². The SMILES string of the molecule is CCCc1ccc(-c2cc(F)c(C(F)(F)Oc3cc(F)c(-c4cc(F)c(F)c(F)c4)c(F)c3)c(F)c2)c(F)c1. The molecule has 0 saturated carbocycles. The third-order valence-corrected chi connectivity index (χ3v) is 5.75. The molecule has 0 bridgehead atoms. The highest BCUT2D eigenvalue weighted by molar-refractivity contribution is 5.67. The molecule has 1 nitrogen and oxygen atoms in total. The summed E-state index contributed by atoms with van der Waals surface area (Å²) in [7, 11) is 0. The lowest BCUT2D eigenvalue weighted by Gasteiger charge is -2.20. The maximum Gasteiger partial charge on any atom is 0.432 e. The summed E-state index contributed by atoms with van der Waals surface area (Å²) in [6, 6.07) is 5.75. The molecule has 0 atom stereocenters. The topological polar surface area (TPSA) is 9.23 Å². The van der Waals surface area contributed by atoms with Crippen LogP contribution in [0.4, 0.5) is 43.9 Å². The van der Waals surface area contributed by atoms with Gasteiger partial charge in [0.1, 0.15) is 40.4 Å². The number of hydrogen-bond acceptors (Lipinski definition) is 1. The van der Waals surface area contributed by atoms with Crippen LogP contribution in [-0.2, 0) is 12.5 Å². The first-order valence-electron chi connectivity index (χ1n) is 11.3. The third kappa shape index (κ3) is 5.57. The van der Waals surface area contributed by atoms with Gasteiger partial charge in [-0.05, 0) is 53.4 Å². The highest BCUT2D eigenvalue weighted by Crippen LogP contribution is 2.39. The zero-order valence-corrected chi connectivity index (χ0v) is 19.8. The summed E-state index contributed by atoms with van der Waals surface area (Å²) < 4.78 is 147. The minimum atomic E-state index is -4.81. The molecular formula is C28H16F10O. The van der Waals surface area contributed by atoms with Crippen LogP contribution in [0.2, 0.25) is 0 Å². The molecule has 0 unspecified atom stereocenters. The van der Waals surface area contributed by atoms with E-state index in [4.69, 9.17) is 0 Å². The van der Waals surface area contributed by atoms with Crippen molar-refractivity contribution < 1.29 is 48.6 Å². The van der Waals surface area contributed by atoms with E-state index in [9.17, 15) is 43.9 Å². The first-order chi connectivity index (χ1) is 18.3. The number of rotatable bonds is 7. The van der Waals surface area contributed by atoms with Gasteiger partial charge in [-0.3, -0.25) is 0 Å². The van der Waals surface area contributed by atoms with Crippen LogP contribution in [-0.4, -0.2) is 0 Å². The van der Waals surface area contributed by atoms with E-state index in [2.05, 4.69) is 4.74 Å². The van der Waals surface area contributed by atoms with Gasteiger partial charge < -0.3 is 4.74 Å². The smallest absolute Gasteiger partial charge is 0.429 e. The van der Waals surface area contributed by atoms with Gasteiger partial charge in [-0.1, -0.05) is 25.5 Å². The van der Waals surface area contributed by atoms with Crippen molar-refractivity contribution in [1.29, 1.82) is 0 Å². The van der Waals surface area contributed by atoms with Gasteiger partial charge in [-0.2, -0.15) is 8.78 Å². The van der Waals surface area contributed by atoms with Gasteiger partial charge in [0.05, 0.1) is 5.56 Å². The van der Waals surface area contributed by atoms with Crippen molar-refractivity contribution in [2.45, 2.75) is 25.9 Å². The highest BCUT2D eigenvalue weighted by atomic mass is 19.3.